The molecule has 0 aromatic rings. The quantitative estimate of drug-likeness (QED) is 0.562. The van der Waals surface area contributed by atoms with Gasteiger partial charge in [-0.05, 0) is 12.8 Å². The van der Waals surface area contributed by atoms with E-state index in [0.29, 0.717) is 5.91 Å². The monoisotopic (exact) mass is 171 g/mol. The molecule has 72 valence electrons. The average molecular weight is 171 g/mol. The van der Waals surface area contributed by atoms with Crippen molar-refractivity contribution in [1.82, 2.24) is 4.90 Å². The van der Waals surface area contributed by atoms with Crippen molar-refractivity contribution in [2.24, 2.45) is 0 Å². The molecular formula is C10H21NO. The number of hydrogen-bond acceptors (Lipinski definition) is 1. The molecule has 0 N–H and O–H groups in total. The lowest BCUT2D eigenvalue weighted by molar-refractivity contribution is -0.130. The highest BCUT2D eigenvalue weighted by Crippen LogP contribution is 2.01. The van der Waals surface area contributed by atoms with Crippen LogP contribution in [-0.2, 0) is 4.79 Å². The van der Waals surface area contributed by atoms with E-state index in [0.717, 1.165) is 25.8 Å². The molecule has 0 fully saturated rings. The van der Waals surface area contributed by atoms with Crippen molar-refractivity contribution in [3.8, 4) is 0 Å². The van der Waals surface area contributed by atoms with E-state index < -0.39 is 0 Å². The van der Waals surface area contributed by atoms with Gasteiger partial charge in [0.15, 0.2) is 0 Å². The zero-order valence-electron chi connectivity index (χ0n) is 8.60. The molecule has 0 heterocycles. The Bertz CT molecular complexity index is 123. The number of nitrogens with zero attached hydrogens (tertiary/aromatic N) is 1. The first-order chi connectivity index (χ1) is 5.72. The molecular weight excluding hydrogens is 150 g/mol. The third-order valence-corrected chi connectivity index (χ3v) is 1.98. The van der Waals surface area contributed by atoms with E-state index in [4.69, 9.17) is 0 Å². The van der Waals surface area contributed by atoms with Crippen LogP contribution in [0.25, 0.3) is 0 Å². The van der Waals surface area contributed by atoms with E-state index in [1.165, 1.54) is 12.8 Å². The highest BCUT2D eigenvalue weighted by molar-refractivity contribution is 5.75. The lowest BCUT2D eigenvalue weighted by atomic mass is 10.2. The van der Waals surface area contributed by atoms with Gasteiger partial charge in [-0.15, -0.1) is 0 Å². The third kappa shape index (κ3) is 5.16. The van der Waals surface area contributed by atoms with Crippen LogP contribution in [-0.4, -0.2) is 24.4 Å². The van der Waals surface area contributed by atoms with Gasteiger partial charge in [0.1, 0.15) is 0 Å². The molecule has 0 unspecified atom stereocenters. The van der Waals surface area contributed by atoms with E-state index in [1.54, 1.807) is 0 Å². The minimum atomic E-state index is 0.297. The van der Waals surface area contributed by atoms with E-state index in [2.05, 4.69) is 13.8 Å². The summed E-state index contributed by atoms with van der Waals surface area (Å²) in [5, 5.41) is 0. The maximum Gasteiger partial charge on any atom is 0.222 e. The lowest BCUT2D eigenvalue weighted by Crippen LogP contribution is -2.26. The number of hydrogen-bond donors (Lipinski definition) is 0. The number of carbonyl (C=O) groups is 1. The van der Waals surface area contributed by atoms with E-state index in [1.807, 2.05) is 11.9 Å². The highest BCUT2D eigenvalue weighted by Gasteiger charge is 2.05. The molecule has 2 heteroatoms. The maximum atomic E-state index is 11.3. The second kappa shape index (κ2) is 7.14. The Hall–Kier alpha value is -0.530. The van der Waals surface area contributed by atoms with Crippen LogP contribution in [0.1, 0.15) is 46.0 Å². The smallest absolute Gasteiger partial charge is 0.222 e. The molecule has 0 radical (unpaired) electrons. The van der Waals surface area contributed by atoms with Crippen LogP contribution in [0.4, 0.5) is 0 Å². The van der Waals surface area contributed by atoms with E-state index in [9.17, 15) is 4.79 Å². The summed E-state index contributed by atoms with van der Waals surface area (Å²) in [4.78, 5) is 13.2. The Labute approximate surface area is 75.9 Å². The Morgan fingerprint density at radius 1 is 1.17 bits per heavy atom. The zero-order chi connectivity index (χ0) is 9.40. The fourth-order valence-corrected chi connectivity index (χ4v) is 1.18. The normalized spacial score (nSPS) is 9.92. The molecule has 2 nitrogen and oxygen atoms in total. The summed E-state index contributed by atoms with van der Waals surface area (Å²) in [6.45, 7) is 5.14. The summed E-state index contributed by atoms with van der Waals surface area (Å²) >= 11 is 0. The van der Waals surface area contributed by atoms with Crippen LogP contribution in [0, 0.1) is 0 Å². The molecule has 12 heavy (non-hydrogen) atoms. The van der Waals surface area contributed by atoms with Gasteiger partial charge in [-0.1, -0.05) is 26.7 Å². The second-order valence-corrected chi connectivity index (χ2v) is 3.27. The van der Waals surface area contributed by atoms with Crippen LogP contribution < -0.4 is 0 Å². The topological polar surface area (TPSA) is 20.3 Å². The Morgan fingerprint density at radius 2 is 1.83 bits per heavy atom. The number of amides is 1. The van der Waals surface area contributed by atoms with Crippen molar-refractivity contribution in [3.05, 3.63) is 0 Å². The Morgan fingerprint density at radius 3 is 2.33 bits per heavy atom. The van der Waals surface area contributed by atoms with E-state index in [-0.39, 0.29) is 0 Å². The Kier molecular flexibility index (Phi) is 6.82. The summed E-state index contributed by atoms with van der Waals surface area (Å²) in [6.07, 6.45) is 5.18. The van der Waals surface area contributed by atoms with Crippen LogP contribution in [0.3, 0.4) is 0 Å². The number of rotatable bonds is 6. The predicted octanol–water partition coefficient (Wildman–Crippen LogP) is 2.44. The lowest BCUT2D eigenvalue weighted by Gasteiger charge is -2.15. The van der Waals surface area contributed by atoms with Gasteiger partial charge in [-0.25, -0.2) is 0 Å². The molecule has 0 aliphatic carbocycles. The highest BCUT2D eigenvalue weighted by atomic mass is 16.2. The van der Waals surface area contributed by atoms with Crippen molar-refractivity contribution in [1.29, 1.82) is 0 Å². The third-order valence-electron chi connectivity index (χ3n) is 1.98. The minimum absolute atomic E-state index is 0.297. The molecule has 1 amide bonds. The van der Waals surface area contributed by atoms with Crippen molar-refractivity contribution in [2.45, 2.75) is 46.0 Å². The van der Waals surface area contributed by atoms with Crippen molar-refractivity contribution in [3.63, 3.8) is 0 Å². The molecule has 0 rings (SSSR count). The van der Waals surface area contributed by atoms with Gasteiger partial charge in [0, 0.05) is 20.0 Å². The second-order valence-electron chi connectivity index (χ2n) is 3.27. The SMILES string of the molecule is CCCCCC(=O)N(C)CCC. The molecule has 0 aliphatic rings. The van der Waals surface area contributed by atoms with Gasteiger partial charge in [0.25, 0.3) is 0 Å². The molecule has 0 aromatic heterocycles. The van der Waals surface area contributed by atoms with Crippen molar-refractivity contribution in [2.75, 3.05) is 13.6 Å². The average Bonchev–Trinajstić information content (AvgIpc) is 2.05. The Balaban J connectivity index is 3.43. The zero-order valence-corrected chi connectivity index (χ0v) is 8.60. The first-order valence-electron chi connectivity index (χ1n) is 4.96. The molecule has 0 spiro atoms. The first-order valence-corrected chi connectivity index (χ1v) is 4.96. The number of unbranched alkanes of at least 4 members (excludes halogenated alkanes) is 2. The standard InChI is InChI=1S/C10H21NO/c1-4-6-7-8-10(12)11(3)9-5-2/h4-9H2,1-3H3. The van der Waals surface area contributed by atoms with Crippen LogP contribution in [0.2, 0.25) is 0 Å². The maximum absolute atomic E-state index is 11.3. The summed E-state index contributed by atoms with van der Waals surface area (Å²) in [5.74, 6) is 0.297. The van der Waals surface area contributed by atoms with Crippen molar-refractivity contribution >= 4 is 5.91 Å². The van der Waals surface area contributed by atoms with Crippen molar-refractivity contribution < 1.29 is 4.79 Å². The summed E-state index contributed by atoms with van der Waals surface area (Å²) in [5.41, 5.74) is 0. The largest absolute Gasteiger partial charge is 0.346 e. The predicted molar refractivity (Wildman–Crippen MR) is 52.1 cm³/mol. The number of carbonyl (C=O) groups excluding carboxylic acids is 1. The van der Waals surface area contributed by atoms with Crippen LogP contribution >= 0.6 is 0 Å². The van der Waals surface area contributed by atoms with Gasteiger partial charge < -0.3 is 4.90 Å². The summed E-state index contributed by atoms with van der Waals surface area (Å²) in [7, 11) is 1.89. The fraction of sp³-hybridized carbons (Fsp3) is 0.900. The minimum Gasteiger partial charge on any atom is -0.346 e. The van der Waals surface area contributed by atoms with E-state index >= 15 is 0 Å². The van der Waals surface area contributed by atoms with Gasteiger partial charge in [0.2, 0.25) is 5.91 Å². The van der Waals surface area contributed by atoms with Crippen LogP contribution in [0.15, 0.2) is 0 Å². The van der Waals surface area contributed by atoms with Crippen LogP contribution in [0.5, 0.6) is 0 Å². The first kappa shape index (κ1) is 11.5. The molecule has 0 aromatic carbocycles. The summed E-state index contributed by atoms with van der Waals surface area (Å²) in [6, 6.07) is 0. The van der Waals surface area contributed by atoms with Gasteiger partial charge in [0.05, 0.1) is 0 Å². The molecule has 0 saturated carbocycles. The van der Waals surface area contributed by atoms with Gasteiger partial charge >= 0.3 is 0 Å². The fourth-order valence-electron chi connectivity index (χ4n) is 1.18. The molecule has 0 bridgehead atoms. The van der Waals surface area contributed by atoms with Gasteiger partial charge in [-0.2, -0.15) is 0 Å². The molecule has 0 aliphatic heterocycles. The summed E-state index contributed by atoms with van der Waals surface area (Å²) < 4.78 is 0. The van der Waals surface area contributed by atoms with Gasteiger partial charge in [-0.3, -0.25) is 4.79 Å². The molecule has 0 saturated heterocycles. The molecule has 0 atom stereocenters.